The molecule has 1 fully saturated rings. The van der Waals surface area contributed by atoms with E-state index in [0.29, 0.717) is 30.3 Å². The van der Waals surface area contributed by atoms with Crippen LogP contribution < -0.4 is 10.1 Å². The fourth-order valence-corrected chi connectivity index (χ4v) is 4.02. The summed E-state index contributed by atoms with van der Waals surface area (Å²) in [5.74, 6) is 0.642. The zero-order valence-electron chi connectivity index (χ0n) is 13.1. The van der Waals surface area contributed by atoms with Gasteiger partial charge in [0.15, 0.2) is 0 Å². The maximum Gasteiger partial charge on any atom is 0.243 e. The Kier molecular flexibility index (Phi) is 4.38. The molecule has 0 atom stereocenters. The SMILES string of the molecule is COc1ccc(S(=O)(=O)N2CC(NCc3cnn(C)c3)C2)cc1. The number of hydrogen-bond acceptors (Lipinski definition) is 5. The van der Waals surface area contributed by atoms with Crippen LogP contribution in [0.1, 0.15) is 5.56 Å². The molecule has 8 heteroatoms. The number of rotatable bonds is 6. The number of benzene rings is 1. The van der Waals surface area contributed by atoms with E-state index in [1.165, 1.54) is 4.31 Å². The Balaban J connectivity index is 1.55. The molecule has 0 unspecified atom stereocenters. The lowest BCUT2D eigenvalue weighted by molar-refractivity contribution is 0.225. The second-order valence-corrected chi connectivity index (χ2v) is 7.54. The first kappa shape index (κ1) is 16.0. The van der Waals surface area contributed by atoms with Crippen molar-refractivity contribution in [2.24, 2.45) is 7.05 Å². The molecule has 0 saturated carbocycles. The molecule has 1 saturated heterocycles. The maximum absolute atomic E-state index is 12.5. The molecule has 0 spiro atoms. The number of methoxy groups -OCH3 is 1. The Bertz CT molecular complexity index is 764. The lowest BCUT2D eigenvalue weighted by atomic mass is 10.2. The molecular weight excluding hydrogens is 316 g/mol. The van der Waals surface area contributed by atoms with Gasteiger partial charge < -0.3 is 10.1 Å². The zero-order chi connectivity index (χ0) is 16.4. The van der Waals surface area contributed by atoms with Crippen LogP contribution in [0.4, 0.5) is 0 Å². The number of aromatic nitrogens is 2. The van der Waals surface area contributed by atoms with E-state index >= 15 is 0 Å². The van der Waals surface area contributed by atoms with E-state index in [0.717, 1.165) is 5.56 Å². The molecule has 0 aliphatic carbocycles. The van der Waals surface area contributed by atoms with Crippen molar-refractivity contribution in [2.75, 3.05) is 20.2 Å². The van der Waals surface area contributed by atoms with Crippen molar-refractivity contribution in [1.29, 1.82) is 0 Å². The third-order valence-corrected chi connectivity index (χ3v) is 5.74. The van der Waals surface area contributed by atoms with Gasteiger partial charge in [-0.15, -0.1) is 0 Å². The number of nitrogens with zero attached hydrogens (tertiary/aromatic N) is 3. The molecule has 1 aromatic heterocycles. The second-order valence-electron chi connectivity index (χ2n) is 5.60. The molecule has 3 rings (SSSR count). The highest BCUT2D eigenvalue weighted by molar-refractivity contribution is 7.89. The van der Waals surface area contributed by atoms with E-state index in [-0.39, 0.29) is 6.04 Å². The summed E-state index contributed by atoms with van der Waals surface area (Å²) in [6.07, 6.45) is 3.75. The minimum Gasteiger partial charge on any atom is -0.497 e. The number of nitrogens with one attached hydrogen (secondary N) is 1. The smallest absolute Gasteiger partial charge is 0.243 e. The zero-order valence-corrected chi connectivity index (χ0v) is 14.0. The minimum absolute atomic E-state index is 0.170. The normalized spacial score (nSPS) is 16.3. The Labute approximate surface area is 135 Å². The predicted molar refractivity (Wildman–Crippen MR) is 85.6 cm³/mol. The molecule has 124 valence electrons. The largest absolute Gasteiger partial charge is 0.497 e. The van der Waals surface area contributed by atoms with Crippen LogP contribution in [0.5, 0.6) is 5.75 Å². The molecule has 2 heterocycles. The monoisotopic (exact) mass is 336 g/mol. The third kappa shape index (κ3) is 3.39. The number of sulfonamides is 1. The Morgan fingerprint density at radius 1 is 1.30 bits per heavy atom. The van der Waals surface area contributed by atoms with E-state index in [4.69, 9.17) is 4.74 Å². The molecule has 23 heavy (non-hydrogen) atoms. The van der Waals surface area contributed by atoms with Gasteiger partial charge in [-0.25, -0.2) is 8.42 Å². The molecule has 1 aliphatic heterocycles. The Hall–Kier alpha value is -1.90. The van der Waals surface area contributed by atoms with Crippen molar-refractivity contribution >= 4 is 10.0 Å². The summed E-state index contributed by atoms with van der Waals surface area (Å²) >= 11 is 0. The number of hydrogen-bond donors (Lipinski definition) is 1. The first-order valence-electron chi connectivity index (χ1n) is 7.34. The van der Waals surface area contributed by atoms with E-state index in [1.807, 2.05) is 13.2 Å². The lowest BCUT2D eigenvalue weighted by Gasteiger charge is -2.38. The van der Waals surface area contributed by atoms with Gasteiger partial charge in [0.25, 0.3) is 0 Å². The van der Waals surface area contributed by atoms with Crippen LogP contribution in [0, 0.1) is 0 Å². The van der Waals surface area contributed by atoms with Gasteiger partial charge in [0.05, 0.1) is 18.2 Å². The highest BCUT2D eigenvalue weighted by atomic mass is 32.2. The van der Waals surface area contributed by atoms with Crippen LogP contribution in [0.25, 0.3) is 0 Å². The van der Waals surface area contributed by atoms with Crippen LogP contribution in [0.3, 0.4) is 0 Å². The van der Waals surface area contributed by atoms with Gasteiger partial charge >= 0.3 is 0 Å². The molecule has 0 radical (unpaired) electrons. The van der Waals surface area contributed by atoms with Gasteiger partial charge in [0, 0.05) is 44.5 Å². The summed E-state index contributed by atoms with van der Waals surface area (Å²) in [6, 6.07) is 6.63. The van der Waals surface area contributed by atoms with Crippen LogP contribution in [-0.4, -0.2) is 48.7 Å². The molecule has 7 nitrogen and oxygen atoms in total. The molecule has 1 aliphatic rings. The first-order valence-corrected chi connectivity index (χ1v) is 8.78. The van der Waals surface area contributed by atoms with Crippen molar-refractivity contribution in [3.05, 3.63) is 42.2 Å². The summed E-state index contributed by atoms with van der Waals surface area (Å²) in [6.45, 7) is 1.65. The van der Waals surface area contributed by atoms with E-state index in [1.54, 1.807) is 42.3 Å². The van der Waals surface area contributed by atoms with Crippen molar-refractivity contribution in [3.63, 3.8) is 0 Å². The molecule has 2 aromatic rings. The number of ether oxygens (including phenoxy) is 1. The van der Waals surface area contributed by atoms with Crippen LogP contribution in [-0.2, 0) is 23.6 Å². The topological polar surface area (TPSA) is 76.5 Å². The van der Waals surface area contributed by atoms with Crippen LogP contribution in [0.15, 0.2) is 41.6 Å². The minimum atomic E-state index is -3.42. The van der Waals surface area contributed by atoms with E-state index in [2.05, 4.69) is 10.4 Å². The first-order chi connectivity index (χ1) is 11.0. The van der Waals surface area contributed by atoms with Crippen molar-refractivity contribution < 1.29 is 13.2 Å². The predicted octanol–water partition coefficient (Wildman–Crippen LogP) is 0.591. The highest BCUT2D eigenvalue weighted by Crippen LogP contribution is 2.23. The molecule has 1 aromatic carbocycles. The summed E-state index contributed by atoms with van der Waals surface area (Å²) in [7, 11) is 0.00642. The Morgan fingerprint density at radius 2 is 2.00 bits per heavy atom. The molecule has 0 amide bonds. The summed E-state index contributed by atoms with van der Waals surface area (Å²) in [4.78, 5) is 0.295. The fraction of sp³-hybridized carbons (Fsp3) is 0.400. The quantitative estimate of drug-likeness (QED) is 0.836. The maximum atomic E-state index is 12.5. The van der Waals surface area contributed by atoms with E-state index in [9.17, 15) is 8.42 Å². The van der Waals surface area contributed by atoms with Gasteiger partial charge in [-0.2, -0.15) is 9.40 Å². The second kappa shape index (κ2) is 6.31. The van der Waals surface area contributed by atoms with Crippen LogP contribution in [0.2, 0.25) is 0 Å². The van der Waals surface area contributed by atoms with Crippen molar-refractivity contribution in [3.8, 4) is 5.75 Å². The van der Waals surface area contributed by atoms with Gasteiger partial charge in [0.1, 0.15) is 5.75 Å². The average molecular weight is 336 g/mol. The summed E-state index contributed by atoms with van der Waals surface area (Å²) in [5.41, 5.74) is 1.09. The van der Waals surface area contributed by atoms with Gasteiger partial charge in [-0.3, -0.25) is 4.68 Å². The Morgan fingerprint density at radius 3 is 2.57 bits per heavy atom. The lowest BCUT2D eigenvalue weighted by Crippen LogP contribution is -2.59. The van der Waals surface area contributed by atoms with Crippen molar-refractivity contribution in [2.45, 2.75) is 17.5 Å². The van der Waals surface area contributed by atoms with Gasteiger partial charge in [-0.05, 0) is 24.3 Å². The summed E-state index contributed by atoms with van der Waals surface area (Å²) in [5, 5.41) is 7.45. The highest BCUT2D eigenvalue weighted by Gasteiger charge is 2.36. The molecule has 0 bridgehead atoms. The molecular formula is C15H20N4O3S. The standard InChI is InChI=1S/C15H20N4O3S/c1-18-9-12(8-17-18)7-16-13-10-19(11-13)23(20,21)15-5-3-14(22-2)4-6-15/h3-6,8-9,13,16H,7,10-11H2,1-2H3. The van der Waals surface area contributed by atoms with Crippen molar-refractivity contribution in [1.82, 2.24) is 19.4 Å². The fourth-order valence-electron chi connectivity index (χ4n) is 2.49. The third-order valence-electron chi connectivity index (χ3n) is 3.90. The number of aryl methyl sites for hydroxylation is 1. The van der Waals surface area contributed by atoms with Gasteiger partial charge in [0.2, 0.25) is 10.0 Å². The van der Waals surface area contributed by atoms with Crippen LogP contribution >= 0.6 is 0 Å². The van der Waals surface area contributed by atoms with E-state index < -0.39 is 10.0 Å². The van der Waals surface area contributed by atoms with Gasteiger partial charge in [-0.1, -0.05) is 0 Å². The molecule has 1 N–H and O–H groups in total. The summed E-state index contributed by atoms with van der Waals surface area (Å²) < 4.78 is 33.2. The average Bonchev–Trinajstić information content (AvgIpc) is 2.91.